The van der Waals surface area contributed by atoms with Gasteiger partial charge in [0.25, 0.3) is 0 Å². The van der Waals surface area contributed by atoms with Crippen molar-refractivity contribution >= 4 is 11.8 Å². The van der Waals surface area contributed by atoms with Crippen molar-refractivity contribution in [1.82, 2.24) is 9.97 Å². The van der Waals surface area contributed by atoms with Crippen LogP contribution in [0.25, 0.3) is 6.08 Å². The van der Waals surface area contributed by atoms with Gasteiger partial charge in [0.1, 0.15) is 11.9 Å². The van der Waals surface area contributed by atoms with Crippen molar-refractivity contribution in [2.24, 2.45) is 0 Å². The van der Waals surface area contributed by atoms with E-state index >= 15 is 0 Å². The van der Waals surface area contributed by atoms with E-state index in [4.69, 9.17) is 10.7 Å². The fourth-order valence-corrected chi connectivity index (χ4v) is 0.683. The van der Waals surface area contributed by atoms with Crippen molar-refractivity contribution in [1.29, 1.82) is 10.7 Å². The first-order valence-corrected chi connectivity index (χ1v) is 3.41. The summed E-state index contributed by atoms with van der Waals surface area (Å²) in [5, 5.41) is 15.5. The molecule has 0 saturated heterocycles. The number of rotatable bonds is 2. The molecule has 0 fully saturated rings. The molecule has 1 rings (SSSR count). The molecule has 60 valence electrons. The number of hydrogen-bond donors (Lipinski definition) is 2. The van der Waals surface area contributed by atoms with Crippen molar-refractivity contribution in [2.45, 2.75) is 6.92 Å². The predicted molar refractivity (Wildman–Crippen MR) is 45.7 cm³/mol. The number of H-pyrrole nitrogens is 1. The van der Waals surface area contributed by atoms with Crippen molar-refractivity contribution < 1.29 is 0 Å². The van der Waals surface area contributed by atoms with Crippen molar-refractivity contribution in [3.05, 3.63) is 23.8 Å². The molecule has 0 aliphatic heterocycles. The smallest absolute Gasteiger partial charge is 0.158 e. The molecule has 4 nitrogen and oxygen atoms in total. The number of nitrogens with one attached hydrogen (secondary N) is 2. The summed E-state index contributed by atoms with van der Waals surface area (Å²) in [5.74, 6) is 0.596. The number of imidazole rings is 1. The molecule has 4 heteroatoms. The quantitative estimate of drug-likeness (QED) is 0.640. The molecule has 1 heterocycles. The first-order chi connectivity index (χ1) is 5.72. The molecule has 0 aliphatic rings. The maximum atomic E-state index is 8.43. The topological polar surface area (TPSA) is 76.3 Å². The third-order valence-corrected chi connectivity index (χ3v) is 1.20. The van der Waals surface area contributed by atoms with Gasteiger partial charge in [0.2, 0.25) is 0 Å². The average molecular weight is 160 g/mol. The van der Waals surface area contributed by atoms with E-state index in [1.807, 2.05) is 6.07 Å². The molecule has 1 aromatic heterocycles. The van der Waals surface area contributed by atoms with Crippen LogP contribution in [0, 0.1) is 16.7 Å². The molecule has 12 heavy (non-hydrogen) atoms. The number of allylic oxidation sites excluding steroid dienone is 1. The first kappa shape index (κ1) is 8.21. The van der Waals surface area contributed by atoms with Gasteiger partial charge < -0.3 is 10.4 Å². The number of nitriles is 1. The third kappa shape index (κ3) is 2.06. The standard InChI is InChI=1S/C8H8N4/c1-6(10)2-3-8-11-5-7(4-9)12-8/h2-3,5,10H,1H3,(H,11,12)/b3-2-,10-6?. The first-order valence-electron chi connectivity index (χ1n) is 3.41. The summed E-state index contributed by atoms with van der Waals surface area (Å²) in [6.07, 6.45) is 4.79. The van der Waals surface area contributed by atoms with Crippen LogP contribution in [0.2, 0.25) is 0 Å². The summed E-state index contributed by atoms with van der Waals surface area (Å²) in [5.41, 5.74) is 0.808. The molecule has 0 bridgehead atoms. The van der Waals surface area contributed by atoms with Gasteiger partial charge in [-0.25, -0.2) is 4.98 Å². The molecule has 1 aromatic rings. The fraction of sp³-hybridized carbons (Fsp3) is 0.125. The van der Waals surface area contributed by atoms with Crippen LogP contribution in [0.15, 0.2) is 12.3 Å². The molecule has 0 atom stereocenters. The van der Waals surface area contributed by atoms with Gasteiger partial charge in [-0.3, -0.25) is 0 Å². The second kappa shape index (κ2) is 3.49. The SMILES string of the molecule is CC(=N)/C=C\c1nc(C#N)c[nH]1. The molecule has 0 amide bonds. The lowest BCUT2D eigenvalue weighted by Crippen LogP contribution is -1.80. The van der Waals surface area contributed by atoms with E-state index in [1.165, 1.54) is 6.20 Å². The largest absolute Gasteiger partial charge is 0.344 e. The average Bonchev–Trinajstić information content (AvgIpc) is 2.48. The Bertz CT molecular complexity index is 353. The number of aromatic amines is 1. The Morgan fingerprint density at radius 2 is 2.58 bits per heavy atom. The molecule has 0 saturated carbocycles. The molecule has 0 aromatic carbocycles. The lowest BCUT2D eigenvalue weighted by molar-refractivity contribution is 1.25. The van der Waals surface area contributed by atoms with E-state index in [0.29, 0.717) is 17.2 Å². The van der Waals surface area contributed by atoms with Crippen LogP contribution >= 0.6 is 0 Å². The van der Waals surface area contributed by atoms with Gasteiger partial charge >= 0.3 is 0 Å². The molecule has 0 aliphatic carbocycles. The van der Waals surface area contributed by atoms with Crippen LogP contribution in [-0.4, -0.2) is 15.7 Å². The highest BCUT2D eigenvalue weighted by Gasteiger charge is 1.94. The fourth-order valence-electron chi connectivity index (χ4n) is 0.683. The Balaban J connectivity index is 2.78. The molecular formula is C8H8N4. The summed E-state index contributed by atoms with van der Waals surface area (Å²) < 4.78 is 0. The minimum Gasteiger partial charge on any atom is -0.344 e. The van der Waals surface area contributed by atoms with Gasteiger partial charge in [-0.1, -0.05) is 0 Å². The maximum Gasteiger partial charge on any atom is 0.158 e. The Kier molecular flexibility index (Phi) is 2.38. The van der Waals surface area contributed by atoms with Crippen LogP contribution in [0.4, 0.5) is 0 Å². The summed E-state index contributed by atoms with van der Waals surface area (Å²) >= 11 is 0. The van der Waals surface area contributed by atoms with Crippen LogP contribution in [0.3, 0.4) is 0 Å². The van der Waals surface area contributed by atoms with E-state index in [2.05, 4.69) is 9.97 Å². The molecule has 0 radical (unpaired) electrons. The van der Waals surface area contributed by atoms with Gasteiger partial charge in [-0.15, -0.1) is 0 Å². The van der Waals surface area contributed by atoms with Crippen molar-refractivity contribution in [3.8, 4) is 6.07 Å². The van der Waals surface area contributed by atoms with E-state index in [-0.39, 0.29) is 0 Å². The van der Waals surface area contributed by atoms with E-state index in [1.54, 1.807) is 19.1 Å². The highest BCUT2D eigenvalue weighted by Crippen LogP contribution is 1.97. The second-order valence-electron chi connectivity index (χ2n) is 2.30. The summed E-state index contributed by atoms with van der Waals surface area (Å²) in [7, 11) is 0. The molecule has 2 N–H and O–H groups in total. The third-order valence-electron chi connectivity index (χ3n) is 1.20. The monoisotopic (exact) mass is 160 g/mol. The Morgan fingerprint density at radius 3 is 3.08 bits per heavy atom. The van der Waals surface area contributed by atoms with Crippen molar-refractivity contribution in [3.63, 3.8) is 0 Å². The highest BCUT2D eigenvalue weighted by molar-refractivity contribution is 5.93. The van der Waals surface area contributed by atoms with Crippen LogP contribution in [0.1, 0.15) is 18.4 Å². The molecule has 0 unspecified atom stereocenters. The Hall–Kier alpha value is -1.89. The summed E-state index contributed by atoms with van der Waals surface area (Å²) in [6, 6.07) is 1.91. The minimum atomic E-state index is 0.359. The number of aromatic nitrogens is 2. The van der Waals surface area contributed by atoms with Crippen LogP contribution in [0.5, 0.6) is 0 Å². The second-order valence-corrected chi connectivity index (χ2v) is 2.30. The zero-order chi connectivity index (χ0) is 8.97. The zero-order valence-corrected chi connectivity index (χ0v) is 6.63. The van der Waals surface area contributed by atoms with E-state index < -0.39 is 0 Å². The van der Waals surface area contributed by atoms with Gasteiger partial charge in [-0.05, 0) is 19.1 Å². The van der Waals surface area contributed by atoms with Crippen molar-refractivity contribution in [2.75, 3.05) is 0 Å². The van der Waals surface area contributed by atoms with Gasteiger partial charge in [0.15, 0.2) is 5.69 Å². The Morgan fingerprint density at radius 1 is 1.83 bits per heavy atom. The van der Waals surface area contributed by atoms with Gasteiger partial charge in [0, 0.05) is 11.9 Å². The normalized spacial score (nSPS) is 10.0. The van der Waals surface area contributed by atoms with Gasteiger partial charge in [0.05, 0.1) is 0 Å². The number of hydrogen-bond acceptors (Lipinski definition) is 3. The lowest BCUT2D eigenvalue weighted by atomic mass is 10.4. The molecule has 0 spiro atoms. The van der Waals surface area contributed by atoms with Gasteiger partial charge in [-0.2, -0.15) is 5.26 Å². The summed E-state index contributed by atoms with van der Waals surface area (Å²) in [4.78, 5) is 6.70. The zero-order valence-electron chi connectivity index (χ0n) is 6.63. The maximum absolute atomic E-state index is 8.43. The molecular weight excluding hydrogens is 152 g/mol. The highest BCUT2D eigenvalue weighted by atomic mass is 14.9. The lowest BCUT2D eigenvalue weighted by Gasteiger charge is -1.82. The minimum absolute atomic E-state index is 0.359. The number of nitrogens with zero attached hydrogens (tertiary/aromatic N) is 2. The predicted octanol–water partition coefficient (Wildman–Crippen LogP) is 1.33. The van der Waals surface area contributed by atoms with E-state index in [9.17, 15) is 0 Å². The van der Waals surface area contributed by atoms with Crippen LogP contribution < -0.4 is 0 Å². The summed E-state index contributed by atoms with van der Waals surface area (Å²) in [6.45, 7) is 1.67. The van der Waals surface area contributed by atoms with E-state index in [0.717, 1.165) is 0 Å². The van der Waals surface area contributed by atoms with Crippen LogP contribution in [-0.2, 0) is 0 Å². The Labute approximate surface area is 70.1 Å².